The Morgan fingerprint density at radius 1 is 1.29 bits per heavy atom. The van der Waals surface area contributed by atoms with Crippen LogP contribution in [0, 0.1) is 25.2 Å². The van der Waals surface area contributed by atoms with Gasteiger partial charge in [0.15, 0.2) is 0 Å². The highest BCUT2D eigenvalue weighted by Gasteiger charge is 2.03. The third-order valence-electron chi connectivity index (χ3n) is 3.16. The van der Waals surface area contributed by atoms with E-state index in [1.807, 2.05) is 35.6 Å². The van der Waals surface area contributed by atoms with Crippen LogP contribution < -0.4 is 10.1 Å². The number of nitriles is 1. The molecule has 1 aromatic heterocycles. The lowest BCUT2D eigenvalue weighted by Crippen LogP contribution is -2.01. The highest BCUT2D eigenvalue weighted by molar-refractivity contribution is 7.12. The van der Waals surface area contributed by atoms with Crippen molar-refractivity contribution in [2.24, 2.45) is 0 Å². The van der Waals surface area contributed by atoms with E-state index in [9.17, 15) is 0 Å². The lowest BCUT2D eigenvalue weighted by atomic mass is 10.2. The fraction of sp³-hybridized carbons (Fsp3) is 0.353. The summed E-state index contributed by atoms with van der Waals surface area (Å²) in [6.45, 7) is 5.70. The fourth-order valence-corrected chi connectivity index (χ4v) is 3.04. The van der Waals surface area contributed by atoms with Gasteiger partial charge in [-0.1, -0.05) is 6.07 Å². The molecule has 0 saturated heterocycles. The van der Waals surface area contributed by atoms with Crippen LogP contribution in [0.5, 0.6) is 5.75 Å². The molecular formula is C17H20N2OS. The summed E-state index contributed by atoms with van der Waals surface area (Å²) in [7, 11) is 0. The number of hydrogen-bond donors (Lipinski definition) is 1. The number of anilines is 1. The fourth-order valence-electron chi connectivity index (χ4n) is 2.09. The van der Waals surface area contributed by atoms with Crippen LogP contribution in [-0.4, -0.2) is 6.61 Å². The van der Waals surface area contributed by atoms with Gasteiger partial charge in [-0.25, -0.2) is 0 Å². The molecule has 3 nitrogen and oxygen atoms in total. The minimum atomic E-state index is 0.536. The topological polar surface area (TPSA) is 45.0 Å². The molecule has 1 aromatic carbocycles. The minimum Gasteiger partial charge on any atom is -0.493 e. The van der Waals surface area contributed by atoms with Crippen LogP contribution in [0.25, 0.3) is 0 Å². The Balaban J connectivity index is 1.89. The highest BCUT2D eigenvalue weighted by Crippen LogP contribution is 2.23. The van der Waals surface area contributed by atoms with Crippen LogP contribution in [-0.2, 0) is 6.54 Å². The molecule has 0 bridgehead atoms. The van der Waals surface area contributed by atoms with Crippen molar-refractivity contribution in [3.8, 4) is 11.8 Å². The number of ether oxygens (including phenoxy) is 1. The molecule has 0 unspecified atom stereocenters. The Kier molecular flexibility index (Phi) is 5.65. The molecule has 0 aliphatic rings. The molecule has 21 heavy (non-hydrogen) atoms. The lowest BCUT2D eigenvalue weighted by molar-refractivity contribution is 0.313. The van der Waals surface area contributed by atoms with Gasteiger partial charge in [-0.15, -0.1) is 11.3 Å². The van der Waals surface area contributed by atoms with E-state index in [1.54, 1.807) is 0 Å². The van der Waals surface area contributed by atoms with Gasteiger partial charge in [-0.2, -0.15) is 5.26 Å². The first-order chi connectivity index (χ1) is 10.2. The molecule has 0 aliphatic heterocycles. The summed E-state index contributed by atoms with van der Waals surface area (Å²) in [5, 5.41) is 11.9. The molecule has 0 radical (unpaired) electrons. The molecule has 0 aliphatic carbocycles. The standard InChI is InChI=1S/C17H20N2OS/c1-13-10-15(14(2)21-13)12-19-16-6-5-7-17(11-16)20-9-4-3-8-18/h5-7,10-11,19H,3-4,9,12H2,1-2H3. The van der Waals surface area contributed by atoms with Crippen molar-refractivity contribution in [2.75, 3.05) is 11.9 Å². The number of nitrogens with one attached hydrogen (secondary N) is 1. The molecule has 0 fully saturated rings. The van der Waals surface area contributed by atoms with Crippen LogP contribution >= 0.6 is 11.3 Å². The van der Waals surface area contributed by atoms with Crippen LogP contribution in [0.3, 0.4) is 0 Å². The number of hydrogen-bond acceptors (Lipinski definition) is 4. The van der Waals surface area contributed by atoms with E-state index in [0.29, 0.717) is 13.0 Å². The average molecular weight is 300 g/mol. The second kappa shape index (κ2) is 7.70. The molecule has 0 saturated carbocycles. The summed E-state index contributed by atoms with van der Waals surface area (Å²) < 4.78 is 5.64. The summed E-state index contributed by atoms with van der Waals surface area (Å²) >= 11 is 1.83. The van der Waals surface area contributed by atoms with Crippen molar-refractivity contribution < 1.29 is 4.74 Å². The number of nitrogens with zero attached hydrogens (tertiary/aromatic N) is 1. The Morgan fingerprint density at radius 2 is 2.14 bits per heavy atom. The van der Waals surface area contributed by atoms with Crippen LogP contribution in [0.15, 0.2) is 30.3 Å². The molecule has 1 heterocycles. The highest BCUT2D eigenvalue weighted by atomic mass is 32.1. The number of unbranched alkanes of at least 4 members (excludes halogenated alkanes) is 1. The van der Waals surface area contributed by atoms with E-state index in [-0.39, 0.29) is 0 Å². The largest absolute Gasteiger partial charge is 0.493 e. The Labute approximate surface area is 130 Å². The van der Waals surface area contributed by atoms with E-state index >= 15 is 0 Å². The van der Waals surface area contributed by atoms with Crippen molar-refractivity contribution in [1.29, 1.82) is 5.26 Å². The smallest absolute Gasteiger partial charge is 0.121 e. The molecule has 0 spiro atoms. The van der Waals surface area contributed by atoms with Crippen molar-refractivity contribution in [1.82, 2.24) is 0 Å². The first-order valence-corrected chi connectivity index (χ1v) is 7.90. The van der Waals surface area contributed by atoms with Crippen LogP contribution in [0.4, 0.5) is 5.69 Å². The first-order valence-electron chi connectivity index (χ1n) is 7.08. The SMILES string of the molecule is Cc1cc(CNc2cccc(OCCCC#N)c2)c(C)s1. The van der Waals surface area contributed by atoms with Gasteiger partial charge in [-0.05, 0) is 44.0 Å². The molecule has 0 atom stereocenters. The number of rotatable bonds is 7. The second-order valence-electron chi connectivity index (χ2n) is 4.93. The molecule has 2 rings (SSSR count). The molecule has 0 amide bonds. The summed E-state index contributed by atoms with van der Waals surface area (Å²) in [4.78, 5) is 2.71. The molecule has 2 aromatic rings. The average Bonchev–Trinajstić information content (AvgIpc) is 2.80. The summed E-state index contributed by atoms with van der Waals surface area (Å²) in [5.41, 5.74) is 2.40. The summed E-state index contributed by atoms with van der Waals surface area (Å²) in [5.74, 6) is 0.844. The van der Waals surface area contributed by atoms with Crippen molar-refractivity contribution >= 4 is 17.0 Å². The van der Waals surface area contributed by atoms with Crippen molar-refractivity contribution in [2.45, 2.75) is 33.2 Å². The summed E-state index contributed by atoms with van der Waals surface area (Å²) in [6, 6.07) is 12.3. The first kappa shape index (κ1) is 15.4. The Morgan fingerprint density at radius 3 is 2.86 bits per heavy atom. The third kappa shape index (κ3) is 4.80. The Bertz CT molecular complexity index is 628. The maximum Gasteiger partial charge on any atom is 0.121 e. The van der Waals surface area contributed by atoms with Crippen LogP contribution in [0.2, 0.25) is 0 Å². The Hall–Kier alpha value is -1.99. The molecule has 4 heteroatoms. The predicted octanol–water partition coefficient (Wildman–Crippen LogP) is 4.66. The summed E-state index contributed by atoms with van der Waals surface area (Å²) in [6.07, 6.45) is 1.30. The second-order valence-corrected chi connectivity index (χ2v) is 6.39. The van der Waals surface area contributed by atoms with Gasteiger partial charge in [0.2, 0.25) is 0 Å². The zero-order valence-electron chi connectivity index (χ0n) is 12.5. The molecule has 110 valence electrons. The maximum absolute atomic E-state index is 8.50. The minimum absolute atomic E-state index is 0.536. The molecule has 1 N–H and O–H groups in total. The zero-order valence-corrected chi connectivity index (χ0v) is 13.3. The monoisotopic (exact) mass is 300 g/mol. The van der Waals surface area contributed by atoms with Gasteiger partial charge in [0, 0.05) is 34.5 Å². The van der Waals surface area contributed by atoms with E-state index in [2.05, 4.69) is 31.3 Å². The number of thiophene rings is 1. The van der Waals surface area contributed by atoms with Gasteiger partial charge in [0.25, 0.3) is 0 Å². The quantitative estimate of drug-likeness (QED) is 0.756. The van der Waals surface area contributed by atoms with Gasteiger partial charge < -0.3 is 10.1 Å². The van der Waals surface area contributed by atoms with Crippen LogP contribution in [0.1, 0.15) is 28.2 Å². The van der Waals surface area contributed by atoms with Gasteiger partial charge >= 0.3 is 0 Å². The maximum atomic E-state index is 8.50. The predicted molar refractivity (Wildman–Crippen MR) is 87.9 cm³/mol. The zero-order chi connectivity index (χ0) is 15.1. The van der Waals surface area contributed by atoms with E-state index < -0.39 is 0 Å². The van der Waals surface area contributed by atoms with E-state index in [1.165, 1.54) is 15.3 Å². The molecular weight excluding hydrogens is 280 g/mol. The van der Waals surface area contributed by atoms with Gasteiger partial charge in [0.1, 0.15) is 5.75 Å². The third-order valence-corrected chi connectivity index (χ3v) is 4.17. The van der Waals surface area contributed by atoms with Gasteiger partial charge in [-0.3, -0.25) is 0 Å². The normalized spacial score (nSPS) is 10.1. The number of benzene rings is 1. The van der Waals surface area contributed by atoms with Crippen molar-refractivity contribution in [3.63, 3.8) is 0 Å². The van der Waals surface area contributed by atoms with E-state index in [4.69, 9.17) is 10.00 Å². The van der Waals surface area contributed by atoms with E-state index in [0.717, 1.165) is 24.4 Å². The van der Waals surface area contributed by atoms with Crippen molar-refractivity contribution in [3.05, 3.63) is 45.6 Å². The van der Waals surface area contributed by atoms with Gasteiger partial charge in [0.05, 0.1) is 12.7 Å². The number of aryl methyl sites for hydroxylation is 2. The lowest BCUT2D eigenvalue weighted by Gasteiger charge is -2.09.